The molecule has 0 saturated heterocycles. The molecule has 0 aromatic rings. The summed E-state index contributed by atoms with van der Waals surface area (Å²) in [5.41, 5.74) is 0. The Hall–Kier alpha value is -0.770. The van der Waals surface area contributed by atoms with E-state index in [0.717, 1.165) is 13.1 Å². The zero-order valence-electron chi connectivity index (χ0n) is 7.37. The number of amides is 1. The third kappa shape index (κ3) is 2.76. The lowest BCUT2D eigenvalue weighted by Gasteiger charge is -2.29. The highest BCUT2D eigenvalue weighted by Crippen LogP contribution is 1.96. The summed E-state index contributed by atoms with van der Waals surface area (Å²) in [6, 6.07) is 0. The van der Waals surface area contributed by atoms with Crippen LogP contribution in [0.3, 0.4) is 0 Å². The third-order valence-electron chi connectivity index (χ3n) is 1.59. The van der Waals surface area contributed by atoms with E-state index in [1.54, 1.807) is 5.01 Å². The van der Waals surface area contributed by atoms with Gasteiger partial charge in [-0.15, -0.1) is 0 Å². The number of hydrogen-bond donors (Lipinski definition) is 1. The lowest BCUT2D eigenvalue weighted by atomic mass is 10.6. The van der Waals surface area contributed by atoms with Crippen LogP contribution in [-0.2, 0) is 0 Å². The van der Waals surface area contributed by atoms with Crippen LogP contribution in [-0.4, -0.2) is 40.9 Å². The van der Waals surface area contributed by atoms with Gasteiger partial charge in [0.05, 0.1) is 0 Å². The van der Waals surface area contributed by atoms with Gasteiger partial charge in [-0.2, -0.15) is 0 Å². The molecule has 1 amide bonds. The molecule has 0 aliphatic carbocycles. The molecule has 0 aliphatic heterocycles. The largest absolute Gasteiger partial charge is 0.464 e. The SMILES string of the molecule is CCN(CC)N(CC)C(=O)O. The summed E-state index contributed by atoms with van der Waals surface area (Å²) in [6.45, 7) is 7.68. The minimum atomic E-state index is -0.879. The smallest absolute Gasteiger partial charge is 0.421 e. The maximum atomic E-state index is 10.6. The Labute approximate surface area is 67.4 Å². The van der Waals surface area contributed by atoms with Crippen LogP contribution < -0.4 is 0 Å². The maximum Gasteiger partial charge on any atom is 0.421 e. The van der Waals surface area contributed by atoms with Crippen LogP contribution in [0.15, 0.2) is 0 Å². The molecule has 0 heterocycles. The van der Waals surface area contributed by atoms with E-state index in [1.165, 1.54) is 5.01 Å². The molecule has 0 spiro atoms. The van der Waals surface area contributed by atoms with Crippen molar-refractivity contribution in [1.29, 1.82) is 0 Å². The van der Waals surface area contributed by atoms with Crippen LogP contribution in [0, 0.1) is 0 Å². The van der Waals surface area contributed by atoms with E-state index in [1.807, 2.05) is 20.8 Å². The molecule has 0 bridgehead atoms. The van der Waals surface area contributed by atoms with Crippen molar-refractivity contribution >= 4 is 6.09 Å². The first-order valence-electron chi connectivity index (χ1n) is 3.92. The first-order chi connectivity index (χ1) is 5.17. The molecular weight excluding hydrogens is 144 g/mol. The molecule has 1 N–H and O–H groups in total. The lowest BCUT2D eigenvalue weighted by molar-refractivity contribution is 0.00245. The molecule has 0 saturated carbocycles. The average molecular weight is 160 g/mol. The first kappa shape index (κ1) is 10.2. The molecule has 0 aromatic heterocycles. The van der Waals surface area contributed by atoms with Crippen LogP contribution in [0.2, 0.25) is 0 Å². The zero-order valence-corrected chi connectivity index (χ0v) is 7.37. The predicted octanol–water partition coefficient (Wildman–Crippen LogP) is 1.24. The van der Waals surface area contributed by atoms with E-state index in [4.69, 9.17) is 5.11 Å². The van der Waals surface area contributed by atoms with Crippen molar-refractivity contribution < 1.29 is 9.90 Å². The summed E-state index contributed by atoms with van der Waals surface area (Å²) in [6.07, 6.45) is -0.879. The number of rotatable bonds is 4. The molecule has 4 nitrogen and oxygen atoms in total. The van der Waals surface area contributed by atoms with Gasteiger partial charge in [-0.25, -0.2) is 14.8 Å². The van der Waals surface area contributed by atoms with E-state index in [9.17, 15) is 4.79 Å². The Kier molecular flexibility index (Phi) is 4.61. The molecule has 0 atom stereocenters. The van der Waals surface area contributed by atoms with Gasteiger partial charge in [0.2, 0.25) is 0 Å². The van der Waals surface area contributed by atoms with E-state index < -0.39 is 6.09 Å². The fraction of sp³-hybridized carbons (Fsp3) is 0.857. The van der Waals surface area contributed by atoms with Crippen molar-refractivity contribution in [1.82, 2.24) is 10.0 Å². The van der Waals surface area contributed by atoms with Crippen LogP contribution >= 0.6 is 0 Å². The highest BCUT2D eigenvalue weighted by atomic mass is 16.4. The Bertz CT molecular complexity index is 124. The van der Waals surface area contributed by atoms with E-state index >= 15 is 0 Å². The van der Waals surface area contributed by atoms with Gasteiger partial charge >= 0.3 is 6.09 Å². The van der Waals surface area contributed by atoms with Crippen molar-refractivity contribution in [2.75, 3.05) is 19.6 Å². The number of carboxylic acid groups (broad SMARTS) is 1. The Morgan fingerprint density at radius 2 is 1.64 bits per heavy atom. The summed E-state index contributed by atoms with van der Waals surface area (Å²) < 4.78 is 0. The molecule has 0 aromatic carbocycles. The second kappa shape index (κ2) is 4.96. The van der Waals surface area contributed by atoms with Crippen molar-refractivity contribution in [2.45, 2.75) is 20.8 Å². The van der Waals surface area contributed by atoms with Crippen LogP contribution in [0.4, 0.5) is 4.79 Å². The van der Waals surface area contributed by atoms with E-state index in [-0.39, 0.29) is 0 Å². The summed E-state index contributed by atoms with van der Waals surface area (Å²) >= 11 is 0. The zero-order chi connectivity index (χ0) is 8.85. The Morgan fingerprint density at radius 3 is 1.73 bits per heavy atom. The topological polar surface area (TPSA) is 43.8 Å². The number of carbonyl (C=O) groups is 1. The van der Waals surface area contributed by atoms with Crippen molar-refractivity contribution in [3.8, 4) is 0 Å². The van der Waals surface area contributed by atoms with Gasteiger partial charge in [0.25, 0.3) is 0 Å². The Morgan fingerprint density at radius 1 is 1.18 bits per heavy atom. The second-order valence-corrected chi connectivity index (χ2v) is 2.14. The normalized spacial score (nSPS) is 10.2. The maximum absolute atomic E-state index is 10.6. The van der Waals surface area contributed by atoms with Gasteiger partial charge in [-0.3, -0.25) is 0 Å². The molecule has 66 valence electrons. The quantitative estimate of drug-likeness (QED) is 0.629. The summed E-state index contributed by atoms with van der Waals surface area (Å²) in [7, 11) is 0. The summed E-state index contributed by atoms with van der Waals surface area (Å²) in [5.74, 6) is 0. The van der Waals surface area contributed by atoms with E-state index in [2.05, 4.69) is 0 Å². The fourth-order valence-corrected chi connectivity index (χ4v) is 1.02. The van der Waals surface area contributed by atoms with Gasteiger partial charge < -0.3 is 5.11 Å². The van der Waals surface area contributed by atoms with Crippen molar-refractivity contribution in [3.63, 3.8) is 0 Å². The fourth-order valence-electron chi connectivity index (χ4n) is 1.02. The Balaban J connectivity index is 4.09. The van der Waals surface area contributed by atoms with Gasteiger partial charge in [0.15, 0.2) is 0 Å². The molecule has 0 fully saturated rings. The molecule has 0 radical (unpaired) electrons. The lowest BCUT2D eigenvalue weighted by Crippen LogP contribution is -2.45. The van der Waals surface area contributed by atoms with Crippen LogP contribution in [0.25, 0.3) is 0 Å². The first-order valence-corrected chi connectivity index (χ1v) is 3.92. The van der Waals surface area contributed by atoms with Gasteiger partial charge in [0, 0.05) is 19.6 Å². The van der Waals surface area contributed by atoms with Crippen LogP contribution in [0.1, 0.15) is 20.8 Å². The predicted molar refractivity (Wildman–Crippen MR) is 43.3 cm³/mol. The van der Waals surface area contributed by atoms with Crippen molar-refractivity contribution in [2.24, 2.45) is 0 Å². The molecular formula is C7H16N2O2. The van der Waals surface area contributed by atoms with Gasteiger partial charge in [-0.1, -0.05) is 13.8 Å². The molecule has 4 heteroatoms. The molecule has 0 aliphatic rings. The average Bonchev–Trinajstić information content (AvgIpc) is 1.99. The highest BCUT2D eigenvalue weighted by Gasteiger charge is 2.14. The standard InChI is InChI=1S/C7H16N2O2/c1-4-8(5-2)9(6-3)7(10)11/h4-6H2,1-3H3,(H,10,11). The number of nitrogens with zero attached hydrogens (tertiary/aromatic N) is 2. The van der Waals surface area contributed by atoms with Crippen molar-refractivity contribution in [3.05, 3.63) is 0 Å². The second-order valence-electron chi connectivity index (χ2n) is 2.14. The highest BCUT2D eigenvalue weighted by molar-refractivity contribution is 5.64. The third-order valence-corrected chi connectivity index (χ3v) is 1.59. The number of hydrogen-bond acceptors (Lipinski definition) is 2. The summed E-state index contributed by atoms with van der Waals surface area (Å²) in [5, 5.41) is 11.8. The minimum absolute atomic E-state index is 0.511. The van der Waals surface area contributed by atoms with Gasteiger partial charge in [-0.05, 0) is 6.92 Å². The monoisotopic (exact) mass is 160 g/mol. The minimum Gasteiger partial charge on any atom is -0.464 e. The summed E-state index contributed by atoms with van der Waals surface area (Å²) in [4.78, 5) is 10.6. The van der Waals surface area contributed by atoms with E-state index in [0.29, 0.717) is 6.54 Å². The van der Waals surface area contributed by atoms with Gasteiger partial charge in [0.1, 0.15) is 0 Å². The molecule has 11 heavy (non-hydrogen) atoms. The molecule has 0 unspecified atom stereocenters. The number of hydrazine groups is 1. The molecule has 0 rings (SSSR count). The van der Waals surface area contributed by atoms with Crippen LogP contribution in [0.5, 0.6) is 0 Å².